The summed E-state index contributed by atoms with van der Waals surface area (Å²) in [6.07, 6.45) is 5.02. The molecule has 2 aliphatic rings. The molecule has 0 aromatic carbocycles. The van der Waals surface area contributed by atoms with Gasteiger partial charge in [-0.25, -0.2) is 4.98 Å². The molecule has 1 aliphatic heterocycles. The predicted molar refractivity (Wildman–Crippen MR) is 125 cm³/mol. The molecule has 3 aromatic rings. The Hall–Kier alpha value is -2.28. The molecule has 31 heavy (non-hydrogen) atoms. The molecule has 5 nitrogen and oxygen atoms in total. The van der Waals surface area contributed by atoms with Gasteiger partial charge in [-0.1, -0.05) is 25.4 Å². The zero-order chi connectivity index (χ0) is 21.6. The highest BCUT2D eigenvalue weighted by Crippen LogP contribution is 2.49. The molecule has 0 unspecified atom stereocenters. The number of morpholine rings is 1. The van der Waals surface area contributed by atoms with E-state index in [2.05, 4.69) is 34.8 Å². The predicted octanol–water partition coefficient (Wildman–Crippen LogP) is 5.52. The largest absolute Gasteiger partial charge is 0.378 e. The third kappa shape index (κ3) is 4.00. The second kappa shape index (κ2) is 8.01. The summed E-state index contributed by atoms with van der Waals surface area (Å²) in [5.41, 5.74) is 5.16. The number of ketones is 1. The highest BCUT2D eigenvalue weighted by molar-refractivity contribution is 7.19. The van der Waals surface area contributed by atoms with Crippen molar-refractivity contribution in [3.63, 3.8) is 0 Å². The van der Waals surface area contributed by atoms with Crippen molar-refractivity contribution in [2.75, 3.05) is 31.2 Å². The molecule has 0 atom stereocenters. The molecule has 4 heterocycles. The number of aromatic nitrogens is 2. The third-order valence-electron chi connectivity index (χ3n) is 5.91. The lowest BCUT2D eigenvalue weighted by atomic mass is 9.75. The van der Waals surface area contributed by atoms with E-state index in [0.717, 1.165) is 41.2 Å². The number of carbonyl (C=O) groups is 1. The van der Waals surface area contributed by atoms with E-state index in [9.17, 15) is 4.79 Å². The Kier molecular flexibility index (Phi) is 5.32. The zero-order valence-corrected chi connectivity index (χ0v) is 19.2. The van der Waals surface area contributed by atoms with Crippen molar-refractivity contribution < 1.29 is 9.53 Å². The average Bonchev–Trinajstić information content (AvgIpc) is 3.13. The smallest absolute Gasteiger partial charge is 0.173 e. The van der Waals surface area contributed by atoms with Gasteiger partial charge in [0.15, 0.2) is 5.78 Å². The highest BCUT2D eigenvalue weighted by atomic mass is 35.5. The summed E-state index contributed by atoms with van der Waals surface area (Å²) in [5, 5.41) is 1.61. The lowest BCUT2D eigenvalue weighted by Gasteiger charge is -2.30. The van der Waals surface area contributed by atoms with Gasteiger partial charge in [0.25, 0.3) is 0 Å². The summed E-state index contributed by atoms with van der Waals surface area (Å²) in [6.45, 7) is 7.45. The van der Waals surface area contributed by atoms with Crippen LogP contribution in [-0.2, 0) is 11.2 Å². The summed E-state index contributed by atoms with van der Waals surface area (Å²) < 4.78 is 5.58. The lowest BCUT2D eigenvalue weighted by Crippen LogP contribution is -2.36. The van der Waals surface area contributed by atoms with E-state index >= 15 is 0 Å². The van der Waals surface area contributed by atoms with E-state index in [-0.39, 0.29) is 11.2 Å². The van der Waals surface area contributed by atoms with Crippen LogP contribution in [0.15, 0.2) is 36.7 Å². The average molecular weight is 454 g/mol. The molecule has 0 saturated carbocycles. The minimum absolute atomic E-state index is 0.0450. The van der Waals surface area contributed by atoms with Gasteiger partial charge in [-0.2, -0.15) is 0 Å². The van der Waals surface area contributed by atoms with Gasteiger partial charge in [-0.15, -0.1) is 11.3 Å². The fourth-order valence-electron chi connectivity index (χ4n) is 4.49. The molecular weight excluding hydrogens is 430 g/mol. The van der Waals surface area contributed by atoms with Gasteiger partial charge in [0, 0.05) is 43.0 Å². The van der Waals surface area contributed by atoms with Gasteiger partial charge >= 0.3 is 0 Å². The number of hydrogen-bond acceptors (Lipinski definition) is 6. The number of ether oxygens (including phenoxy) is 1. The Balaban J connectivity index is 1.68. The second-order valence-corrected chi connectivity index (χ2v) is 10.3. The van der Waals surface area contributed by atoms with Crippen LogP contribution in [0.5, 0.6) is 0 Å². The number of halogens is 1. The van der Waals surface area contributed by atoms with E-state index < -0.39 is 0 Å². The van der Waals surface area contributed by atoms with Crippen LogP contribution in [0.2, 0.25) is 5.15 Å². The van der Waals surface area contributed by atoms with Gasteiger partial charge in [-0.05, 0) is 47.2 Å². The van der Waals surface area contributed by atoms with Crippen LogP contribution in [0.25, 0.3) is 22.4 Å². The van der Waals surface area contributed by atoms with E-state index in [1.165, 1.54) is 16.1 Å². The number of pyridine rings is 2. The molecule has 0 spiro atoms. The summed E-state index contributed by atoms with van der Waals surface area (Å²) in [5.74, 6) is 0.257. The lowest BCUT2D eigenvalue weighted by molar-refractivity contribution is 0.0918. The number of anilines is 1. The van der Waals surface area contributed by atoms with Gasteiger partial charge in [0.1, 0.15) is 5.15 Å². The third-order valence-corrected chi connectivity index (χ3v) is 7.45. The van der Waals surface area contributed by atoms with Crippen molar-refractivity contribution in [3.05, 3.63) is 52.3 Å². The normalized spacial score (nSPS) is 18.2. The molecule has 160 valence electrons. The first-order valence-electron chi connectivity index (χ1n) is 10.5. The minimum Gasteiger partial charge on any atom is -0.378 e. The topological polar surface area (TPSA) is 55.3 Å². The first kappa shape index (κ1) is 20.6. The van der Waals surface area contributed by atoms with Gasteiger partial charge in [0.05, 0.1) is 28.8 Å². The monoisotopic (exact) mass is 453 g/mol. The van der Waals surface area contributed by atoms with Crippen LogP contribution in [0.1, 0.15) is 35.5 Å². The Morgan fingerprint density at radius 2 is 1.81 bits per heavy atom. The molecular formula is C24H24ClN3O2S. The van der Waals surface area contributed by atoms with Crippen molar-refractivity contribution in [1.82, 2.24) is 9.97 Å². The number of Topliss-reactive ketones (excluding diaryl/α,β-unsaturated/α-hetero) is 1. The fraction of sp³-hybridized carbons (Fsp3) is 0.375. The van der Waals surface area contributed by atoms with Crippen LogP contribution < -0.4 is 4.90 Å². The fourth-order valence-corrected chi connectivity index (χ4v) is 6.00. The van der Waals surface area contributed by atoms with Gasteiger partial charge in [0.2, 0.25) is 0 Å². The number of hydrogen-bond donors (Lipinski definition) is 0. The second-order valence-electron chi connectivity index (χ2n) is 8.93. The van der Waals surface area contributed by atoms with Crippen molar-refractivity contribution in [3.8, 4) is 22.4 Å². The van der Waals surface area contributed by atoms with Crippen molar-refractivity contribution in [2.24, 2.45) is 5.41 Å². The molecule has 1 aliphatic carbocycles. The first-order valence-corrected chi connectivity index (χ1v) is 11.7. The Morgan fingerprint density at radius 1 is 1.06 bits per heavy atom. The summed E-state index contributed by atoms with van der Waals surface area (Å²) >= 11 is 7.76. The number of nitrogens with zero attached hydrogens (tertiary/aromatic N) is 3. The molecule has 3 aromatic heterocycles. The molecule has 5 rings (SSSR count). The quantitative estimate of drug-likeness (QED) is 0.489. The highest BCUT2D eigenvalue weighted by Gasteiger charge is 2.37. The van der Waals surface area contributed by atoms with Crippen molar-refractivity contribution >= 4 is 33.7 Å². The SMILES string of the molecule is CC1(C)CC(=O)c2sc(N3CCOCC3)c(-c3ccnc(-c4ccnc(Cl)c4)c3)c2C1. The van der Waals surface area contributed by atoms with Gasteiger partial charge in [-0.3, -0.25) is 9.78 Å². The van der Waals surface area contributed by atoms with E-state index in [1.807, 2.05) is 24.4 Å². The molecule has 0 bridgehead atoms. The van der Waals surface area contributed by atoms with Crippen molar-refractivity contribution in [1.29, 1.82) is 0 Å². The summed E-state index contributed by atoms with van der Waals surface area (Å²) in [4.78, 5) is 25.0. The minimum atomic E-state index is -0.0450. The Bertz CT molecular complexity index is 1150. The van der Waals surface area contributed by atoms with Crippen LogP contribution >= 0.6 is 22.9 Å². The van der Waals surface area contributed by atoms with E-state index in [1.54, 1.807) is 17.5 Å². The van der Waals surface area contributed by atoms with Crippen molar-refractivity contribution in [2.45, 2.75) is 26.7 Å². The Labute approximate surface area is 191 Å². The standard InChI is InChI=1S/C24H24ClN3O2S/c1-24(2)13-17-21(16-4-5-26-18(11-16)15-3-6-27-20(25)12-15)23(28-7-9-30-10-8-28)31-22(17)19(29)14-24/h3-6,11-12H,7-10,13-14H2,1-2H3. The maximum Gasteiger partial charge on any atom is 0.173 e. The number of carbonyl (C=O) groups excluding carboxylic acids is 1. The van der Waals surface area contributed by atoms with Crippen LogP contribution in [0.4, 0.5) is 5.00 Å². The molecule has 0 N–H and O–H groups in total. The number of thiophene rings is 1. The van der Waals surface area contributed by atoms with Crippen LogP contribution in [-0.4, -0.2) is 42.1 Å². The molecule has 0 amide bonds. The van der Waals surface area contributed by atoms with Crippen LogP contribution in [0.3, 0.4) is 0 Å². The maximum absolute atomic E-state index is 13.0. The molecule has 7 heteroatoms. The first-order chi connectivity index (χ1) is 14.9. The molecule has 1 fully saturated rings. The Morgan fingerprint density at radius 3 is 2.58 bits per heavy atom. The zero-order valence-electron chi connectivity index (χ0n) is 17.7. The van der Waals surface area contributed by atoms with E-state index in [4.69, 9.17) is 16.3 Å². The maximum atomic E-state index is 13.0. The van der Waals surface area contributed by atoms with Crippen LogP contribution in [0, 0.1) is 5.41 Å². The summed E-state index contributed by atoms with van der Waals surface area (Å²) in [7, 11) is 0. The van der Waals surface area contributed by atoms with E-state index in [0.29, 0.717) is 24.8 Å². The number of rotatable bonds is 3. The molecule has 1 saturated heterocycles. The summed E-state index contributed by atoms with van der Waals surface area (Å²) in [6, 6.07) is 7.89. The molecule has 0 radical (unpaired) electrons. The van der Waals surface area contributed by atoms with Gasteiger partial charge < -0.3 is 9.64 Å². The number of fused-ring (bicyclic) bond motifs is 1.